The van der Waals surface area contributed by atoms with Crippen LogP contribution < -0.4 is 0 Å². The fourth-order valence-corrected chi connectivity index (χ4v) is 3.59. The molecule has 0 fully saturated rings. The highest BCUT2D eigenvalue weighted by atomic mass is 15.0. The first-order valence-corrected chi connectivity index (χ1v) is 6.99. The summed E-state index contributed by atoms with van der Waals surface area (Å²) < 4.78 is 2.34. The van der Waals surface area contributed by atoms with Crippen molar-refractivity contribution in [1.29, 1.82) is 0 Å². The second kappa shape index (κ2) is 3.37. The Bertz CT molecular complexity index is 1010. The number of fused-ring (bicyclic) bond motifs is 3. The molecule has 5 rings (SSSR count). The molecule has 3 aromatic heterocycles. The Balaban J connectivity index is 2.28. The molecule has 0 radical (unpaired) electrons. The third kappa shape index (κ3) is 1.07. The molecule has 1 aliphatic rings. The van der Waals surface area contributed by atoms with Crippen LogP contribution in [0.2, 0.25) is 0 Å². The highest BCUT2D eigenvalue weighted by Gasteiger charge is 2.20. The largest absolute Gasteiger partial charge is 0.296 e. The fourth-order valence-electron chi connectivity index (χ4n) is 3.59. The summed E-state index contributed by atoms with van der Waals surface area (Å²) in [6.45, 7) is 2.19. The third-order valence-electron chi connectivity index (χ3n) is 4.51. The van der Waals surface area contributed by atoms with Crippen LogP contribution in [0.4, 0.5) is 0 Å². The van der Waals surface area contributed by atoms with Gasteiger partial charge in [0.25, 0.3) is 0 Å². The summed E-state index contributed by atoms with van der Waals surface area (Å²) in [4.78, 5) is 8.95. The quantitative estimate of drug-likeness (QED) is 0.453. The van der Waals surface area contributed by atoms with Crippen molar-refractivity contribution in [3.63, 3.8) is 0 Å². The van der Waals surface area contributed by atoms with Crippen LogP contribution in [0.1, 0.15) is 16.8 Å². The molecule has 0 unspecified atom stereocenters. The zero-order valence-corrected chi connectivity index (χ0v) is 11.2. The average molecular weight is 259 g/mol. The number of rotatable bonds is 0. The number of pyridine rings is 2. The maximum Gasteiger partial charge on any atom is 0.146 e. The minimum atomic E-state index is 1.04. The minimum Gasteiger partial charge on any atom is -0.296 e. The van der Waals surface area contributed by atoms with Crippen molar-refractivity contribution in [2.45, 2.75) is 19.8 Å². The fraction of sp³-hybridized carbons (Fsp3) is 0.176. The van der Waals surface area contributed by atoms with Gasteiger partial charge in [0.2, 0.25) is 0 Å². The zero-order valence-electron chi connectivity index (χ0n) is 11.2. The van der Waals surface area contributed by atoms with Crippen LogP contribution in [0.25, 0.3) is 27.3 Å². The van der Waals surface area contributed by atoms with E-state index in [9.17, 15) is 0 Å². The number of hydrogen-bond donors (Lipinski definition) is 0. The first kappa shape index (κ1) is 10.4. The van der Waals surface area contributed by atoms with E-state index in [1.807, 2.05) is 18.6 Å². The predicted octanol–water partition coefficient (Wildman–Crippen LogP) is 3.44. The van der Waals surface area contributed by atoms with Gasteiger partial charge in [-0.2, -0.15) is 0 Å². The third-order valence-corrected chi connectivity index (χ3v) is 4.51. The van der Waals surface area contributed by atoms with E-state index < -0.39 is 0 Å². The van der Waals surface area contributed by atoms with E-state index in [4.69, 9.17) is 0 Å². The number of nitrogens with zero attached hydrogens (tertiary/aromatic N) is 3. The Labute approximate surface area is 115 Å². The Morgan fingerprint density at radius 3 is 2.95 bits per heavy atom. The Morgan fingerprint density at radius 2 is 2.00 bits per heavy atom. The van der Waals surface area contributed by atoms with Gasteiger partial charge >= 0.3 is 0 Å². The molecule has 1 aromatic carbocycles. The van der Waals surface area contributed by atoms with E-state index in [2.05, 4.69) is 39.5 Å². The molecule has 96 valence electrons. The molecule has 0 atom stereocenters. The van der Waals surface area contributed by atoms with E-state index in [1.165, 1.54) is 33.1 Å². The average Bonchev–Trinajstić information content (AvgIpc) is 2.92. The monoisotopic (exact) mass is 259 g/mol. The Kier molecular flexibility index (Phi) is 1.75. The number of benzene rings is 1. The predicted molar refractivity (Wildman–Crippen MR) is 80.1 cm³/mol. The van der Waals surface area contributed by atoms with Gasteiger partial charge in [-0.1, -0.05) is 12.1 Å². The first-order valence-electron chi connectivity index (χ1n) is 6.99. The zero-order chi connectivity index (χ0) is 13.3. The molecular formula is C17H13N3. The number of imidazole rings is 1. The lowest BCUT2D eigenvalue weighted by Crippen LogP contribution is -2.07. The van der Waals surface area contributed by atoms with Crippen molar-refractivity contribution < 1.29 is 0 Å². The van der Waals surface area contributed by atoms with Gasteiger partial charge in [-0.15, -0.1) is 0 Å². The molecular weight excluding hydrogens is 246 g/mol. The topological polar surface area (TPSA) is 30.2 Å². The molecule has 4 heterocycles. The first-order chi connectivity index (χ1) is 9.84. The number of aryl methyl sites for hydroxylation is 3. The summed E-state index contributed by atoms with van der Waals surface area (Å²) in [6.07, 6.45) is 8.01. The molecule has 0 aliphatic carbocycles. The standard InChI is InChI=1S/C17H13N3/c1-10-2-3-11-4-5-12-8-19-17-14-9-18-7-6-13(14)15(10)16(11)20(12)17/h2-3,6-9H,4-5H2,1H3. The van der Waals surface area contributed by atoms with Crippen molar-refractivity contribution in [2.75, 3.05) is 0 Å². The van der Waals surface area contributed by atoms with E-state index in [-0.39, 0.29) is 0 Å². The molecule has 3 heteroatoms. The van der Waals surface area contributed by atoms with E-state index in [0.717, 1.165) is 23.9 Å². The van der Waals surface area contributed by atoms with Gasteiger partial charge in [0.05, 0.1) is 5.52 Å². The summed E-state index contributed by atoms with van der Waals surface area (Å²) in [7, 11) is 0. The van der Waals surface area contributed by atoms with Crippen LogP contribution in [0, 0.1) is 6.92 Å². The molecule has 0 spiro atoms. The summed E-state index contributed by atoms with van der Waals surface area (Å²) >= 11 is 0. The van der Waals surface area contributed by atoms with Gasteiger partial charge in [0.1, 0.15) is 5.65 Å². The molecule has 1 aliphatic heterocycles. The maximum absolute atomic E-state index is 4.65. The van der Waals surface area contributed by atoms with Gasteiger partial charge < -0.3 is 0 Å². The normalized spacial score (nSPS) is 13.8. The van der Waals surface area contributed by atoms with E-state index in [0.29, 0.717) is 0 Å². The molecule has 0 saturated carbocycles. The molecule has 0 saturated heterocycles. The highest BCUT2D eigenvalue weighted by molar-refractivity contribution is 6.13. The SMILES string of the molecule is Cc1ccc2c3c1c1ccncc1c1ncc(n13)CC2. The van der Waals surface area contributed by atoms with E-state index in [1.54, 1.807) is 0 Å². The van der Waals surface area contributed by atoms with Crippen LogP contribution in [0.15, 0.2) is 36.8 Å². The lowest BCUT2D eigenvalue weighted by Gasteiger charge is -2.19. The van der Waals surface area contributed by atoms with Crippen LogP contribution in [0.3, 0.4) is 0 Å². The van der Waals surface area contributed by atoms with Crippen molar-refractivity contribution >= 4 is 27.3 Å². The van der Waals surface area contributed by atoms with Crippen molar-refractivity contribution in [2.24, 2.45) is 0 Å². The summed E-state index contributed by atoms with van der Waals surface area (Å²) in [5.74, 6) is 0. The molecule has 20 heavy (non-hydrogen) atoms. The van der Waals surface area contributed by atoms with Crippen molar-refractivity contribution in [1.82, 2.24) is 14.4 Å². The van der Waals surface area contributed by atoms with Crippen molar-refractivity contribution in [3.8, 4) is 0 Å². The highest BCUT2D eigenvalue weighted by Crippen LogP contribution is 2.36. The smallest absolute Gasteiger partial charge is 0.146 e. The van der Waals surface area contributed by atoms with Gasteiger partial charge in [-0.3, -0.25) is 9.38 Å². The summed E-state index contributed by atoms with van der Waals surface area (Å²) in [5, 5.41) is 3.76. The molecule has 0 N–H and O–H groups in total. The second-order valence-corrected chi connectivity index (χ2v) is 5.60. The van der Waals surface area contributed by atoms with E-state index >= 15 is 0 Å². The van der Waals surface area contributed by atoms with Crippen LogP contribution in [0.5, 0.6) is 0 Å². The van der Waals surface area contributed by atoms with Gasteiger partial charge in [0.15, 0.2) is 0 Å². The molecule has 0 bridgehead atoms. The van der Waals surface area contributed by atoms with Crippen LogP contribution in [-0.4, -0.2) is 14.4 Å². The maximum atomic E-state index is 4.65. The molecule has 0 amide bonds. The van der Waals surface area contributed by atoms with Gasteiger partial charge in [0, 0.05) is 35.1 Å². The van der Waals surface area contributed by atoms with Crippen molar-refractivity contribution in [3.05, 3.63) is 53.6 Å². The van der Waals surface area contributed by atoms with Gasteiger partial charge in [-0.25, -0.2) is 4.98 Å². The summed E-state index contributed by atoms with van der Waals surface area (Å²) in [5.41, 5.74) is 6.46. The molecule has 3 nitrogen and oxygen atoms in total. The lowest BCUT2D eigenvalue weighted by molar-refractivity contribution is 0.876. The number of aromatic nitrogens is 3. The number of hydrogen-bond acceptors (Lipinski definition) is 2. The Morgan fingerprint density at radius 1 is 1.05 bits per heavy atom. The second-order valence-electron chi connectivity index (χ2n) is 5.60. The van der Waals surface area contributed by atoms with Crippen LogP contribution >= 0.6 is 0 Å². The van der Waals surface area contributed by atoms with Gasteiger partial charge in [-0.05, 0) is 42.3 Å². The summed E-state index contributed by atoms with van der Waals surface area (Å²) in [6, 6.07) is 6.63. The molecule has 4 aromatic rings. The lowest BCUT2D eigenvalue weighted by atomic mass is 9.95. The minimum absolute atomic E-state index is 1.04. The Hall–Kier alpha value is -2.42. The van der Waals surface area contributed by atoms with Crippen LogP contribution in [-0.2, 0) is 12.8 Å².